The third-order valence-electron chi connectivity index (χ3n) is 2.50. The topological polar surface area (TPSA) is 33.0 Å². The van der Waals surface area contributed by atoms with Gasteiger partial charge in [-0.05, 0) is 24.3 Å². The molecule has 0 radical (unpaired) electrons. The summed E-state index contributed by atoms with van der Waals surface area (Å²) in [5, 5.41) is 8.81. The van der Waals surface area contributed by atoms with Gasteiger partial charge in [0.15, 0.2) is 0 Å². The number of hydrogen-bond donors (Lipinski definition) is 0. The first-order chi connectivity index (χ1) is 9.43. The molecule has 0 amide bonds. The van der Waals surface area contributed by atoms with Gasteiger partial charge in [-0.1, -0.05) is 18.2 Å². The van der Waals surface area contributed by atoms with Crippen LogP contribution in [-0.2, 0) is 6.18 Å². The Morgan fingerprint density at radius 3 is 2.25 bits per heavy atom. The Morgan fingerprint density at radius 1 is 0.950 bits per heavy atom. The Balaban J connectivity index is 2.47. The van der Waals surface area contributed by atoms with Crippen LogP contribution < -0.4 is 4.74 Å². The Labute approximate surface area is 111 Å². The number of para-hydroxylation sites is 1. The van der Waals surface area contributed by atoms with Crippen LogP contribution in [-0.4, -0.2) is 0 Å². The van der Waals surface area contributed by atoms with Gasteiger partial charge in [-0.3, -0.25) is 0 Å². The zero-order valence-electron chi connectivity index (χ0n) is 9.91. The van der Waals surface area contributed by atoms with Gasteiger partial charge in [0, 0.05) is 0 Å². The van der Waals surface area contributed by atoms with Crippen molar-refractivity contribution in [2.24, 2.45) is 0 Å². The molecular weight excluding hydrogens is 274 g/mol. The van der Waals surface area contributed by atoms with Crippen LogP contribution in [0.25, 0.3) is 0 Å². The van der Waals surface area contributed by atoms with Crippen molar-refractivity contribution in [3.8, 4) is 17.6 Å². The molecule has 2 aromatic carbocycles. The average Bonchev–Trinajstić information content (AvgIpc) is 2.38. The Hall–Kier alpha value is -2.55. The summed E-state index contributed by atoms with van der Waals surface area (Å²) in [7, 11) is 0. The first-order valence-electron chi connectivity index (χ1n) is 5.46. The SMILES string of the molecule is N#Cc1c(F)cccc1Oc1ccccc1C(F)(F)F. The fourth-order valence-electron chi connectivity index (χ4n) is 1.61. The van der Waals surface area contributed by atoms with E-state index in [-0.39, 0.29) is 5.75 Å². The molecule has 20 heavy (non-hydrogen) atoms. The van der Waals surface area contributed by atoms with Gasteiger partial charge >= 0.3 is 6.18 Å². The molecule has 0 saturated carbocycles. The predicted octanol–water partition coefficient (Wildman–Crippen LogP) is 4.51. The molecule has 0 atom stereocenters. The number of ether oxygens (including phenoxy) is 1. The molecule has 0 aliphatic rings. The first-order valence-corrected chi connectivity index (χ1v) is 5.46. The van der Waals surface area contributed by atoms with Crippen molar-refractivity contribution in [3.63, 3.8) is 0 Å². The van der Waals surface area contributed by atoms with Crippen LogP contribution in [0.2, 0.25) is 0 Å². The van der Waals surface area contributed by atoms with E-state index in [2.05, 4.69) is 0 Å². The minimum absolute atomic E-state index is 0.260. The zero-order valence-corrected chi connectivity index (χ0v) is 9.91. The molecular formula is C14H7F4NO. The standard InChI is InChI=1S/C14H7F4NO/c15-11-5-3-7-12(9(11)8-19)20-13-6-2-1-4-10(13)14(16,17)18/h1-7H. The highest BCUT2D eigenvalue weighted by molar-refractivity contribution is 5.47. The van der Waals surface area contributed by atoms with E-state index in [1.165, 1.54) is 24.3 Å². The lowest BCUT2D eigenvalue weighted by molar-refractivity contribution is -0.138. The number of benzene rings is 2. The van der Waals surface area contributed by atoms with Crippen LogP contribution in [0.5, 0.6) is 11.5 Å². The van der Waals surface area contributed by atoms with E-state index in [0.717, 1.165) is 18.2 Å². The number of hydrogen-bond acceptors (Lipinski definition) is 2. The van der Waals surface area contributed by atoms with Crippen LogP contribution in [0.4, 0.5) is 17.6 Å². The molecule has 2 aromatic rings. The Bertz CT molecular complexity index is 674. The highest BCUT2D eigenvalue weighted by Gasteiger charge is 2.34. The first kappa shape index (κ1) is 13.9. The van der Waals surface area contributed by atoms with Gasteiger partial charge in [-0.15, -0.1) is 0 Å². The highest BCUT2D eigenvalue weighted by Crippen LogP contribution is 2.38. The average molecular weight is 281 g/mol. The van der Waals surface area contributed by atoms with Gasteiger partial charge < -0.3 is 4.74 Å². The molecule has 0 heterocycles. The van der Waals surface area contributed by atoms with E-state index in [1.54, 1.807) is 6.07 Å². The number of alkyl halides is 3. The lowest BCUT2D eigenvalue weighted by atomic mass is 10.1. The largest absolute Gasteiger partial charge is 0.455 e. The van der Waals surface area contributed by atoms with E-state index in [9.17, 15) is 17.6 Å². The van der Waals surface area contributed by atoms with Crippen molar-refractivity contribution >= 4 is 0 Å². The normalized spacial score (nSPS) is 10.9. The molecule has 0 fully saturated rings. The minimum Gasteiger partial charge on any atom is -0.455 e. The van der Waals surface area contributed by atoms with Crippen LogP contribution >= 0.6 is 0 Å². The van der Waals surface area contributed by atoms with Crippen molar-refractivity contribution in [1.29, 1.82) is 5.26 Å². The minimum atomic E-state index is -4.60. The maximum absolute atomic E-state index is 13.4. The summed E-state index contributed by atoms with van der Waals surface area (Å²) < 4.78 is 56.8. The van der Waals surface area contributed by atoms with E-state index < -0.39 is 28.9 Å². The molecule has 2 rings (SSSR count). The lowest BCUT2D eigenvalue weighted by Gasteiger charge is -2.14. The van der Waals surface area contributed by atoms with Gasteiger partial charge in [0.05, 0.1) is 5.56 Å². The van der Waals surface area contributed by atoms with Crippen LogP contribution in [0.3, 0.4) is 0 Å². The van der Waals surface area contributed by atoms with Crippen molar-refractivity contribution in [3.05, 3.63) is 59.4 Å². The van der Waals surface area contributed by atoms with Gasteiger partial charge in [-0.2, -0.15) is 18.4 Å². The number of nitrogens with zero attached hydrogens (tertiary/aromatic N) is 1. The second kappa shape index (κ2) is 5.21. The molecule has 6 heteroatoms. The second-order valence-corrected chi connectivity index (χ2v) is 3.82. The second-order valence-electron chi connectivity index (χ2n) is 3.82. The van der Waals surface area contributed by atoms with Gasteiger partial charge in [0.2, 0.25) is 0 Å². The molecule has 0 aliphatic carbocycles. The van der Waals surface area contributed by atoms with E-state index in [4.69, 9.17) is 10.00 Å². The summed E-state index contributed by atoms with van der Waals surface area (Å²) in [6, 6.07) is 9.60. The van der Waals surface area contributed by atoms with Crippen LogP contribution in [0, 0.1) is 17.1 Å². The molecule has 2 nitrogen and oxygen atoms in total. The van der Waals surface area contributed by atoms with Crippen molar-refractivity contribution in [1.82, 2.24) is 0 Å². The molecule has 0 N–H and O–H groups in total. The summed E-state index contributed by atoms with van der Waals surface area (Å²) in [6.07, 6.45) is -4.60. The van der Waals surface area contributed by atoms with Crippen LogP contribution in [0.1, 0.15) is 11.1 Å². The maximum Gasteiger partial charge on any atom is 0.419 e. The molecule has 102 valence electrons. The molecule has 0 aliphatic heterocycles. The summed E-state index contributed by atoms with van der Waals surface area (Å²) in [6.45, 7) is 0. The van der Waals surface area contributed by atoms with Crippen molar-refractivity contribution < 1.29 is 22.3 Å². The number of rotatable bonds is 2. The van der Waals surface area contributed by atoms with E-state index in [1.807, 2.05) is 0 Å². The molecule has 0 unspecified atom stereocenters. The summed E-state index contributed by atoms with van der Waals surface area (Å²) in [5.74, 6) is -1.60. The van der Waals surface area contributed by atoms with Crippen molar-refractivity contribution in [2.45, 2.75) is 6.18 Å². The number of halogens is 4. The predicted molar refractivity (Wildman–Crippen MR) is 62.6 cm³/mol. The van der Waals surface area contributed by atoms with E-state index >= 15 is 0 Å². The molecule has 0 aromatic heterocycles. The van der Waals surface area contributed by atoms with Gasteiger partial charge in [-0.25, -0.2) is 4.39 Å². The molecule has 0 bridgehead atoms. The fraction of sp³-hybridized carbons (Fsp3) is 0.0714. The monoisotopic (exact) mass is 281 g/mol. The van der Waals surface area contributed by atoms with Crippen molar-refractivity contribution in [2.75, 3.05) is 0 Å². The number of nitriles is 1. The molecule has 0 saturated heterocycles. The summed E-state index contributed by atoms with van der Waals surface area (Å²) >= 11 is 0. The fourth-order valence-corrected chi connectivity index (χ4v) is 1.61. The lowest BCUT2D eigenvalue weighted by Crippen LogP contribution is -2.07. The summed E-state index contributed by atoms with van der Waals surface area (Å²) in [4.78, 5) is 0. The van der Waals surface area contributed by atoms with E-state index in [0.29, 0.717) is 0 Å². The van der Waals surface area contributed by atoms with Gasteiger partial charge in [0.25, 0.3) is 0 Å². The Morgan fingerprint density at radius 2 is 1.60 bits per heavy atom. The summed E-state index contributed by atoms with van der Waals surface area (Å²) in [5.41, 5.74) is -1.43. The molecule has 0 spiro atoms. The van der Waals surface area contributed by atoms with Crippen LogP contribution in [0.15, 0.2) is 42.5 Å². The third kappa shape index (κ3) is 2.72. The third-order valence-corrected chi connectivity index (χ3v) is 2.50. The van der Waals surface area contributed by atoms with Gasteiger partial charge in [0.1, 0.15) is 28.9 Å². The maximum atomic E-state index is 13.4. The smallest absolute Gasteiger partial charge is 0.419 e. The Kier molecular flexibility index (Phi) is 3.61. The highest BCUT2D eigenvalue weighted by atomic mass is 19.4. The quantitative estimate of drug-likeness (QED) is 0.759. The zero-order chi connectivity index (χ0) is 14.8.